The van der Waals surface area contributed by atoms with Crippen LogP contribution in [0.1, 0.15) is 26.7 Å². The number of carbonyl (C=O) groups excluding carboxylic acids is 1. The zero-order valence-electron chi connectivity index (χ0n) is 14.4. The molecule has 25 heavy (non-hydrogen) atoms. The van der Waals surface area contributed by atoms with Crippen molar-refractivity contribution in [3.8, 4) is 0 Å². The van der Waals surface area contributed by atoms with Crippen LogP contribution in [0.3, 0.4) is 0 Å². The first kappa shape index (κ1) is 22.2. The molecule has 1 heterocycles. The SMILES string of the molecule is CCC(=O)N[C@@H](CO[C@H]1OC(CO)[C@H](O)[C@@H](O)C1O)[C@H](O)[C@H](O)CC. The zero-order chi connectivity index (χ0) is 19.1. The Bertz CT molecular complexity index is 408. The van der Waals surface area contributed by atoms with E-state index in [1.807, 2.05) is 0 Å². The Balaban J connectivity index is 2.75. The Morgan fingerprint density at radius 2 is 1.80 bits per heavy atom. The molecule has 1 fully saturated rings. The molecule has 1 amide bonds. The minimum Gasteiger partial charge on any atom is -0.394 e. The summed E-state index contributed by atoms with van der Waals surface area (Å²) in [6, 6.07) is -0.977. The molecular formula is C15H29NO9. The minimum atomic E-state index is -1.59. The molecule has 10 nitrogen and oxygen atoms in total. The van der Waals surface area contributed by atoms with Crippen LogP contribution in [-0.4, -0.2) is 98.7 Å². The molecule has 148 valence electrons. The highest BCUT2D eigenvalue weighted by Crippen LogP contribution is 2.22. The van der Waals surface area contributed by atoms with Gasteiger partial charge < -0.3 is 45.4 Å². The van der Waals surface area contributed by atoms with Crippen molar-refractivity contribution < 1.29 is 44.9 Å². The molecular weight excluding hydrogens is 338 g/mol. The van der Waals surface area contributed by atoms with E-state index in [4.69, 9.17) is 14.6 Å². The van der Waals surface area contributed by atoms with Crippen molar-refractivity contribution >= 4 is 5.91 Å². The van der Waals surface area contributed by atoms with Gasteiger partial charge in [0.15, 0.2) is 6.29 Å². The lowest BCUT2D eigenvalue weighted by Gasteiger charge is -2.40. The summed E-state index contributed by atoms with van der Waals surface area (Å²) in [6.07, 6.45) is -9.21. The van der Waals surface area contributed by atoms with E-state index >= 15 is 0 Å². The Hall–Kier alpha value is -0.850. The van der Waals surface area contributed by atoms with Gasteiger partial charge in [-0.1, -0.05) is 13.8 Å². The molecule has 8 atom stereocenters. The lowest BCUT2D eigenvalue weighted by molar-refractivity contribution is -0.303. The van der Waals surface area contributed by atoms with E-state index in [9.17, 15) is 30.3 Å². The minimum absolute atomic E-state index is 0.158. The first-order chi connectivity index (χ1) is 11.8. The molecule has 1 rings (SSSR count). The molecule has 0 saturated carbocycles. The second-order valence-electron chi connectivity index (χ2n) is 6.02. The van der Waals surface area contributed by atoms with Gasteiger partial charge in [0.1, 0.15) is 30.5 Å². The van der Waals surface area contributed by atoms with Crippen molar-refractivity contribution in [2.45, 2.75) is 75.6 Å². The topological polar surface area (TPSA) is 169 Å². The summed E-state index contributed by atoms with van der Waals surface area (Å²) in [6.45, 7) is 2.35. The standard InChI is InChI=1S/C15H29NO9/c1-3-8(18)11(20)7(16-10(19)4-2)6-24-15-14(23)13(22)12(21)9(5-17)25-15/h7-9,11-15,17-18,20-23H,3-6H2,1-2H3,(H,16,19)/t7-,8+,9?,11-,12-,13+,14?,15-/m0/s1. The Morgan fingerprint density at radius 3 is 2.32 bits per heavy atom. The molecule has 7 N–H and O–H groups in total. The molecule has 1 aliphatic heterocycles. The summed E-state index contributed by atoms with van der Waals surface area (Å²) in [5.41, 5.74) is 0. The van der Waals surface area contributed by atoms with Gasteiger partial charge in [-0.15, -0.1) is 0 Å². The number of ether oxygens (including phenoxy) is 2. The molecule has 0 aromatic carbocycles. The third-order valence-corrected chi connectivity index (χ3v) is 4.18. The van der Waals surface area contributed by atoms with Crippen LogP contribution < -0.4 is 5.32 Å². The highest BCUT2D eigenvalue weighted by Gasteiger charge is 2.44. The Labute approximate surface area is 146 Å². The maximum atomic E-state index is 11.6. The molecule has 0 spiro atoms. The molecule has 1 saturated heterocycles. The monoisotopic (exact) mass is 367 g/mol. The highest BCUT2D eigenvalue weighted by atomic mass is 16.7. The third-order valence-electron chi connectivity index (χ3n) is 4.18. The molecule has 0 radical (unpaired) electrons. The first-order valence-electron chi connectivity index (χ1n) is 8.34. The molecule has 0 aromatic rings. The fraction of sp³-hybridized carbons (Fsp3) is 0.933. The second kappa shape index (κ2) is 10.3. The fourth-order valence-electron chi connectivity index (χ4n) is 2.45. The van der Waals surface area contributed by atoms with E-state index < -0.39 is 55.6 Å². The maximum absolute atomic E-state index is 11.6. The summed E-state index contributed by atoms with van der Waals surface area (Å²) in [7, 11) is 0. The van der Waals surface area contributed by atoms with Gasteiger partial charge in [-0.2, -0.15) is 0 Å². The van der Waals surface area contributed by atoms with Crippen LogP contribution in [0, 0.1) is 0 Å². The lowest BCUT2D eigenvalue weighted by Crippen LogP contribution is -2.60. The highest BCUT2D eigenvalue weighted by molar-refractivity contribution is 5.75. The van der Waals surface area contributed by atoms with Gasteiger partial charge in [-0.25, -0.2) is 0 Å². The average molecular weight is 367 g/mol. The molecule has 0 bridgehead atoms. The number of rotatable bonds is 9. The average Bonchev–Trinajstić information content (AvgIpc) is 2.62. The van der Waals surface area contributed by atoms with Crippen LogP contribution in [-0.2, 0) is 14.3 Å². The summed E-state index contributed by atoms with van der Waals surface area (Å²) in [5.74, 6) is -0.371. The summed E-state index contributed by atoms with van der Waals surface area (Å²) < 4.78 is 10.5. The number of carbonyl (C=O) groups is 1. The third kappa shape index (κ3) is 5.83. The van der Waals surface area contributed by atoms with Crippen molar-refractivity contribution in [1.29, 1.82) is 0 Å². The van der Waals surface area contributed by atoms with Crippen molar-refractivity contribution in [2.75, 3.05) is 13.2 Å². The van der Waals surface area contributed by atoms with Gasteiger partial charge >= 0.3 is 0 Å². The van der Waals surface area contributed by atoms with Gasteiger partial charge in [0.25, 0.3) is 0 Å². The smallest absolute Gasteiger partial charge is 0.220 e. The van der Waals surface area contributed by atoms with Crippen molar-refractivity contribution in [1.82, 2.24) is 5.32 Å². The second-order valence-corrected chi connectivity index (χ2v) is 6.02. The van der Waals surface area contributed by atoms with E-state index in [1.165, 1.54) is 0 Å². The number of hydrogen-bond donors (Lipinski definition) is 7. The molecule has 1 aliphatic rings. The quantitative estimate of drug-likeness (QED) is 0.222. The van der Waals surface area contributed by atoms with Crippen LogP contribution in [0.5, 0.6) is 0 Å². The summed E-state index contributed by atoms with van der Waals surface area (Å²) in [5, 5.41) is 60.9. The predicted molar refractivity (Wildman–Crippen MR) is 84.2 cm³/mol. The predicted octanol–water partition coefficient (Wildman–Crippen LogP) is -3.17. The lowest BCUT2D eigenvalue weighted by atomic mass is 9.99. The number of amides is 1. The van der Waals surface area contributed by atoms with Crippen molar-refractivity contribution in [3.63, 3.8) is 0 Å². The molecule has 2 unspecified atom stereocenters. The number of aliphatic hydroxyl groups excluding tert-OH is 6. The molecule has 10 heteroatoms. The van der Waals surface area contributed by atoms with E-state index in [2.05, 4.69) is 5.32 Å². The van der Waals surface area contributed by atoms with E-state index in [0.717, 1.165) is 0 Å². The van der Waals surface area contributed by atoms with Crippen molar-refractivity contribution in [2.24, 2.45) is 0 Å². The van der Waals surface area contributed by atoms with Gasteiger partial charge in [0, 0.05) is 6.42 Å². The van der Waals surface area contributed by atoms with E-state index in [0.29, 0.717) is 0 Å². The Kier molecular flexibility index (Phi) is 9.17. The van der Waals surface area contributed by atoms with Gasteiger partial charge in [0.05, 0.1) is 25.4 Å². The van der Waals surface area contributed by atoms with E-state index in [1.54, 1.807) is 13.8 Å². The van der Waals surface area contributed by atoms with Gasteiger partial charge in [0.2, 0.25) is 5.91 Å². The number of aliphatic hydroxyl groups is 6. The van der Waals surface area contributed by atoms with Crippen LogP contribution >= 0.6 is 0 Å². The number of hydrogen-bond acceptors (Lipinski definition) is 9. The fourth-order valence-corrected chi connectivity index (χ4v) is 2.45. The number of nitrogens with one attached hydrogen (secondary N) is 1. The largest absolute Gasteiger partial charge is 0.394 e. The van der Waals surface area contributed by atoms with Crippen LogP contribution in [0.25, 0.3) is 0 Å². The molecule has 0 aliphatic carbocycles. The summed E-state index contributed by atoms with van der Waals surface area (Å²) >= 11 is 0. The van der Waals surface area contributed by atoms with Crippen molar-refractivity contribution in [3.05, 3.63) is 0 Å². The van der Waals surface area contributed by atoms with E-state index in [-0.39, 0.29) is 25.4 Å². The van der Waals surface area contributed by atoms with Gasteiger partial charge in [-0.3, -0.25) is 4.79 Å². The summed E-state index contributed by atoms with van der Waals surface area (Å²) in [4.78, 5) is 11.6. The first-order valence-corrected chi connectivity index (χ1v) is 8.34. The van der Waals surface area contributed by atoms with Gasteiger partial charge in [-0.05, 0) is 6.42 Å². The zero-order valence-corrected chi connectivity index (χ0v) is 14.4. The van der Waals surface area contributed by atoms with Crippen LogP contribution in [0.15, 0.2) is 0 Å². The van der Waals surface area contributed by atoms with Crippen LogP contribution in [0.4, 0.5) is 0 Å². The Morgan fingerprint density at radius 1 is 1.16 bits per heavy atom. The normalized spacial score (nSPS) is 33.5. The molecule has 0 aromatic heterocycles. The van der Waals surface area contributed by atoms with Crippen LogP contribution in [0.2, 0.25) is 0 Å². The maximum Gasteiger partial charge on any atom is 0.220 e.